The molecule has 6 heteroatoms. The number of likely N-dealkylation sites (tertiary alicyclic amines) is 1. The van der Waals surface area contributed by atoms with Crippen molar-refractivity contribution in [1.29, 1.82) is 0 Å². The molecule has 2 N–H and O–H groups in total. The summed E-state index contributed by atoms with van der Waals surface area (Å²) < 4.78 is 0. The molecule has 3 rings (SSSR count). The topological polar surface area (TPSA) is 61.5 Å². The number of aryl methyl sites for hydroxylation is 1. The van der Waals surface area contributed by atoms with Crippen LogP contribution >= 0.6 is 0 Å². The first kappa shape index (κ1) is 15.5. The first-order chi connectivity index (χ1) is 10.6. The van der Waals surface area contributed by atoms with Gasteiger partial charge >= 0.3 is 0 Å². The van der Waals surface area contributed by atoms with E-state index in [9.17, 15) is 0 Å². The first-order valence-electron chi connectivity index (χ1n) is 8.40. The Morgan fingerprint density at radius 2 is 1.95 bits per heavy atom. The van der Waals surface area contributed by atoms with E-state index in [2.05, 4.69) is 31.7 Å². The summed E-state index contributed by atoms with van der Waals surface area (Å²) in [5, 5.41) is 0. The van der Waals surface area contributed by atoms with Crippen LogP contribution in [0.1, 0.15) is 25.0 Å². The van der Waals surface area contributed by atoms with E-state index in [4.69, 9.17) is 5.73 Å². The summed E-state index contributed by atoms with van der Waals surface area (Å²) in [5.41, 5.74) is 6.70. The molecule has 1 aromatic heterocycles. The minimum atomic E-state index is 0.377. The molecule has 0 radical (unpaired) electrons. The molecule has 1 unspecified atom stereocenters. The van der Waals surface area contributed by atoms with Gasteiger partial charge in [0.25, 0.3) is 0 Å². The number of rotatable bonds is 4. The number of piperazine rings is 1. The second kappa shape index (κ2) is 6.79. The van der Waals surface area contributed by atoms with Crippen LogP contribution in [0.2, 0.25) is 0 Å². The van der Waals surface area contributed by atoms with E-state index in [0.29, 0.717) is 5.95 Å². The molecule has 0 amide bonds. The second-order valence-electron chi connectivity index (χ2n) is 6.62. The maximum atomic E-state index is 5.76. The molecule has 2 fully saturated rings. The van der Waals surface area contributed by atoms with E-state index >= 15 is 0 Å². The molecule has 6 nitrogen and oxygen atoms in total. The maximum absolute atomic E-state index is 5.76. The largest absolute Gasteiger partial charge is 0.368 e. The highest BCUT2D eigenvalue weighted by atomic mass is 15.3. The summed E-state index contributed by atoms with van der Waals surface area (Å²) >= 11 is 0. The van der Waals surface area contributed by atoms with Crippen molar-refractivity contribution in [3.05, 3.63) is 11.8 Å². The normalized spacial score (nSPS) is 24.1. The Morgan fingerprint density at radius 3 is 2.59 bits per heavy atom. The summed E-state index contributed by atoms with van der Waals surface area (Å²) in [4.78, 5) is 15.9. The Balaban J connectivity index is 1.47. The molecule has 122 valence electrons. The van der Waals surface area contributed by atoms with Crippen molar-refractivity contribution < 1.29 is 0 Å². The van der Waals surface area contributed by atoms with Gasteiger partial charge in [0.2, 0.25) is 5.95 Å². The predicted molar refractivity (Wildman–Crippen MR) is 90.1 cm³/mol. The van der Waals surface area contributed by atoms with Gasteiger partial charge in [-0.1, -0.05) is 0 Å². The lowest BCUT2D eigenvalue weighted by atomic mass is 10.1. The molecular formula is C16H28N6. The molecule has 0 aromatic carbocycles. The van der Waals surface area contributed by atoms with Crippen molar-refractivity contribution in [2.24, 2.45) is 0 Å². The van der Waals surface area contributed by atoms with Crippen LogP contribution in [0.5, 0.6) is 0 Å². The van der Waals surface area contributed by atoms with Crippen molar-refractivity contribution >= 4 is 11.8 Å². The van der Waals surface area contributed by atoms with E-state index in [0.717, 1.165) is 43.7 Å². The molecule has 2 saturated heterocycles. The zero-order valence-corrected chi connectivity index (χ0v) is 13.8. The molecule has 1 aromatic rings. The van der Waals surface area contributed by atoms with Gasteiger partial charge in [-0.15, -0.1) is 0 Å². The zero-order chi connectivity index (χ0) is 15.5. The Kier molecular flexibility index (Phi) is 4.78. The highest BCUT2D eigenvalue weighted by Gasteiger charge is 2.23. The minimum Gasteiger partial charge on any atom is -0.368 e. The minimum absolute atomic E-state index is 0.377. The summed E-state index contributed by atoms with van der Waals surface area (Å²) in [6.45, 7) is 8.72. The molecule has 0 bridgehead atoms. The van der Waals surface area contributed by atoms with Crippen LogP contribution in [0.25, 0.3) is 0 Å². The number of hydrogen-bond donors (Lipinski definition) is 1. The lowest BCUT2D eigenvalue weighted by Gasteiger charge is -2.36. The molecule has 0 spiro atoms. The van der Waals surface area contributed by atoms with Crippen molar-refractivity contribution in [2.75, 3.05) is 56.9 Å². The van der Waals surface area contributed by atoms with Crippen LogP contribution in [0.4, 0.5) is 11.8 Å². The molecule has 2 aliphatic heterocycles. The third-order valence-corrected chi connectivity index (χ3v) is 5.00. The molecule has 1 atom stereocenters. The van der Waals surface area contributed by atoms with Gasteiger partial charge in [0, 0.05) is 44.0 Å². The number of nitrogens with zero attached hydrogens (tertiary/aromatic N) is 5. The van der Waals surface area contributed by atoms with Crippen molar-refractivity contribution in [3.8, 4) is 0 Å². The molecule has 2 aliphatic rings. The van der Waals surface area contributed by atoms with Crippen molar-refractivity contribution in [3.63, 3.8) is 0 Å². The Morgan fingerprint density at radius 1 is 1.18 bits per heavy atom. The lowest BCUT2D eigenvalue weighted by Crippen LogP contribution is -2.47. The number of hydrogen-bond acceptors (Lipinski definition) is 6. The number of nitrogen functional groups attached to an aromatic ring is 1. The van der Waals surface area contributed by atoms with E-state index < -0.39 is 0 Å². The number of aromatic nitrogens is 2. The van der Waals surface area contributed by atoms with Crippen LogP contribution in [0.3, 0.4) is 0 Å². The van der Waals surface area contributed by atoms with Gasteiger partial charge in [-0.25, -0.2) is 4.98 Å². The smallest absolute Gasteiger partial charge is 0.222 e. The zero-order valence-electron chi connectivity index (χ0n) is 13.8. The Bertz CT molecular complexity index is 477. The molecule has 0 saturated carbocycles. The van der Waals surface area contributed by atoms with Crippen molar-refractivity contribution in [2.45, 2.75) is 32.2 Å². The standard InChI is InChI=1S/C16H28N6/c1-13-12-15(19-16(17)18-13)22-10-8-21(9-11-22)7-5-14-4-3-6-20(14)2/h12,14H,3-11H2,1-2H3,(H2,17,18,19). The summed E-state index contributed by atoms with van der Waals surface area (Å²) in [6, 6.07) is 2.82. The van der Waals surface area contributed by atoms with Crippen LogP contribution < -0.4 is 10.6 Å². The lowest BCUT2D eigenvalue weighted by molar-refractivity contribution is 0.214. The van der Waals surface area contributed by atoms with E-state index in [-0.39, 0.29) is 0 Å². The SMILES string of the molecule is Cc1cc(N2CCN(CCC3CCCN3C)CC2)nc(N)n1. The highest BCUT2D eigenvalue weighted by molar-refractivity contribution is 5.43. The van der Waals surface area contributed by atoms with Gasteiger partial charge in [-0.05, 0) is 46.3 Å². The van der Waals surface area contributed by atoms with Gasteiger partial charge in [-0.2, -0.15) is 4.98 Å². The Hall–Kier alpha value is -1.40. The highest BCUT2D eigenvalue weighted by Crippen LogP contribution is 2.19. The summed E-state index contributed by atoms with van der Waals surface area (Å²) in [5.74, 6) is 1.35. The molecule has 3 heterocycles. The number of nitrogens with two attached hydrogens (primary N) is 1. The van der Waals surface area contributed by atoms with Gasteiger partial charge < -0.3 is 15.5 Å². The van der Waals surface area contributed by atoms with Crippen LogP contribution in [0, 0.1) is 6.92 Å². The third kappa shape index (κ3) is 3.67. The second-order valence-corrected chi connectivity index (χ2v) is 6.62. The summed E-state index contributed by atoms with van der Waals surface area (Å²) in [7, 11) is 2.26. The Labute approximate surface area is 133 Å². The van der Waals surface area contributed by atoms with E-state index in [1.165, 1.54) is 32.4 Å². The van der Waals surface area contributed by atoms with Gasteiger partial charge in [-0.3, -0.25) is 4.90 Å². The summed E-state index contributed by atoms with van der Waals surface area (Å²) in [6.07, 6.45) is 4.04. The quantitative estimate of drug-likeness (QED) is 0.894. The maximum Gasteiger partial charge on any atom is 0.222 e. The molecule has 0 aliphatic carbocycles. The average Bonchev–Trinajstić information content (AvgIpc) is 2.90. The van der Waals surface area contributed by atoms with E-state index in [1.807, 2.05) is 13.0 Å². The van der Waals surface area contributed by atoms with Gasteiger partial charge in [0.15, 0.2) is 0 Å². The van der Waals surface area contributed by atoms with Crippen LogP contribution in [0.15, 0.2) is 6.07 Å². The van der Waals surface area contributed by atoms with Gasteiger partial charge in [0.05, 0.1) is 0 Å². The predicted octanol–water partition coefficient (Wildman–Crippen LogP) is 0.974. The third-order valence-electron chi connectivity index (χ3n) is 5.00. The van der Waals surface area contributed by atoms with Crippen LogP contribution in [-0.4, -0.2) is 72.1 Å². The monoisotopic (exact) mass is 304 g/mol. The van der Waals surface area contributed by atoms with E-state index in [1.54, 1.807) is 0 Å². The fourth-order valence-corrected chi connectivity index (χ4v) is 3.61. The average molecular weight is 304 g/mol. The molecule has 22 heavy (non-hydrogen) atoms. The number of anilines is 2. The van der Waals surface area contributed by atoms with Crippen molar-refractivity contribution in [1.82, 2.24) is 19.8 Å². The molecular weight excluding hydrogens is 276 g/mol. The fourth-order valence-electron chi connectivity index (χ4n) is 3.61. The van der Waals surface area contributed by atoms with Crippen LogP contribution in [-0.2, 0) is 0 Å². The fraction of sp³-hybridized carbons (Fsp3) is 0.750. The first-order valence-corrected chi connectivity index (χ1v) is 8.40. The van der Waals surface area contributed by atoms with Gasteiger partial charge in [0.1, 0.15) is 5.82 Å².